The largest absolute Gasteiger partial charge is 0.366 e. The number of rotatable bonds is 5. The molecule has 1 fully saturated rings. The molecule has 1 saturated heterocycles. The smallest absolute Gasteiger partial charge is 0.133 e. The fraction of sp³-hybridized carbons (Fsp3) is 0.467. The van der Waals surface area contributed by atoms with Crippen molar-refractivity contribution in [3.63, 3.8) is 0 Å². The Kier molecular flexibility index (Phi) is 4.95. The van der Waals surface area contributed by atoms with E-state index in [2.05, 4.69) is 47.6 Å². The van der Waals surface area contributed by atoms with E-state index in [1.807, 2.05) is 36.4 Å². The van der Waals surface area contributed by atoms with Gasteiger partial charge in [-0.3, -0.25) is 4.90 Å². The van der Waals surface area contributed by atoms with E-state index < -0.39 is 0 Å². The highest BCUT2D eigenvalue weighted by Gasteiger charge is 2.23. The Balaban J connectivity index is 1.55. The quantitative estimate of drug-likeness (QED) is 0.861. The van der Waals surface area contributed by atoms with Gasteiger partial charge in [0.2, 0.25) is 0 Å². The molecule has 1 atom stereocenters. The van der Waals surface area contributed by atoms with E-state index in [-0.39, 0.29) is 0 Å². The van der Waals surface area contributed by atoms with Crippen molar-refractivity contribution in [2.45, 2.75) is 19.0 Å². The first-order valence-electron chi connectivity index (χ1n) is 7.31. The number of hydrogen-bond acceptors (Lipinski definition) is 6. The molecule has 3 heterocycles. The van der Waals surface area contributed by atoms with Crippen LogP contribution >= 0.6 is 27.3 Å². The maximum absolute atomic E-state index is 4.33. The molecule has 3 rings (SSSR count). The molecule has 0 aromatic carbocycles. The summed E-state index contributed by atoms with van der Waals surface area (Å²) in [4.78, 5) is 14.5. The Labute approximate surface area is 143 Å². The summed E-state index contributed by atoms with van der Waals surface area (Å²) < 4.78 is 1.18. The second-order valence-electron chi connectivity index (χ2n) is 5.75. The summed E-state index contributed by atoms with van der Waals surface area (Å²) in [5.74, 6) is 1.83. The third-order valence-electron chi connectivity index (χ3n) is 3.74. The standard InChI is InChI=1S/C15H20BrN5S/c1-20(2)15-6-14(17-10-18-15)19-12-3-4-21(7-12)8-13-5-11(16)9-22-13/h5-6,9-10,12H,3-4,7-8H2,1-2H3,(H,17,18,19). The van der Waals surface area contributed by atoms with E-state index in [1.165, 1.54) is 9.35 Å². The van der Waals surface area contributed by atoms with Crippen molar-refractivity contribution in [1.29, 1.82) is 0 Å². The summed E-state index contributed by atoms with van der Waals surface area (Å²) in [7, 11) is 3.98. The van der Waals surface area contributed by atoms with Crippen LogP contribution in [0.2, 0.25) is 0 Å². The van der Waals surface area contributed by atoms with E-state index in [9.17, 15) is 0 Å². The SMILES string of the molecule is CN(C)c1cc(NC2CCN(Cc3cc(Br)cs3)C2)ncn1. The molecule has 5 nitrogen and oxygen atoms in total. The van der Waals surface area contributed by atoms with Gasteiger partial charge < -0.3 is 10.2 Å². The lowest BCUT2D eigenvalue weighted by atomic mass is 10.2. The van der Waals surface area contributed by atoms with E-state index in [1.54, 1.807) is 6.33 Å². The summed E-state index contributed by atoms with van der Waals surface area (Å²) in [6.45, 7) is 3.21. The maximum Gasteiger partial charge on any atom is 0.133 e. The first-order chi connectivity index (χ1) is 10.6. The van der Waals surface area contributed by atoms with Crippen LogP contribution in [0.15, 0.2) is 28.3 Å². The molecule has 7 heteroatoms. The van der Waals surface area contributed by atoms with Crippen molar-refractivity contribution < 1.29 is 0 Å². The summed E-state index contributed by atoms with van der Waals surface area (Å²) in [5, 5.41) is 5.68. The van der Waals surface area contributed by atoms with Crippen molar-refractivity contribution in [1.82, 2.24) is 14.9 Å². The highest BCUT2D eigenvalue weighted by Crippen LogP contribution is 2.23. The molecule has 0 spiro atoms. The van der Waals surface area contributed by atoms with Crippen LogP contribution in [-0.4, -0.2) is 48.1 Å². The third kappa shape index (κ3) is 3.97. The minimum absolute atomic E-state index is 0.452. The summed E-state index contributed by atoms with van der Waals surface area (Å²) >= 11 is 5.33. The second-order valence-corrected chi connectivity index (χ2v) is 7.66. The van der Waals surface area contributed by atoms with Gasteiger partial charge in [0.1, 0.15) is 18.0 Å². The molecule has 2 aromatic rings. The summed E-state index contributed by atoms with van der Waals surface area (Å²) in [6.07, 6.45) is 2.77. The molecule has 1 aliphatic heterocycles. The van der Waals surface area contributed by atoms with E-state index in [0.717, 1.165) is 37.7 Å². The van der Waals surface area contributed by atoms with Crippen molar-refractivity contribution in [3.05, 3.63) is 33.2 Å². The molecule has 0 saturated carbocycles. The molecule has 0 bridgehead atoms. The average Bonchev–Trinajstić information content (AvgIpc) is 3.09. The number of hydrogen-bond donors (Lipinski definition) is 1. The van der Waals surface area contributed by atoms with Gasteiger partial charge in [0.25, 0.3) is 0 Å². The monoisotopic (exact) mass is 381 g/mol. The van der Waals surface area contributed by atoms with Crippen LogP contribution in [0.4, 0.5) is 11.6 Å². The molecule has 0 amide bonds. The van der Waals surface area contributed by atoms with E-state index >= 15 is 0 Å². The lowest BCUT2D eigenvalue weighted by molar-refractivity contribution is 0.331. The Morgan fingerprint density at radius 3 is 3.00 bits per heavy atom. The van der Waals surface area contributed by atoms with Gasteiger partial charge in [-0.05, 0) is 28.4 Å². The zero-order chi connectivity index (χ0) is 15.5. The molecule has 1 N–H and O–H groups in total. The van der Waals surface area contributed by atoms with Crippen LogP contribution in [0.3, 0.4) is 0 Å². The number of halogens is 1. The number of anilines is 2. The fourth-order valence-electron chi connectivity index (χ4n) is 2.63. The molecule has 1 aliphatic rings. The van der Waals surface area contributed by atoms with Crippen LogP contribution in [0.25, 0.3) is 0 Å². The van der Waals surface area contributed by atoms with Gasteiger partial charge >= 0.3 is 0 Å². The molecular weight excluding hydrogens is 362 g/mol. The van der Waals surface area contributed by atoms with Crippen LogP contribution in [0.5, 0.6) is 0 Å². The van der Waals surface area contributed by atoms with Crippen LogP contribution in [0.1, 0.15) is 11.3 Å². The number of aromatic nitrogens is 2. The van der Waals surface area contributed by atoms with Gasteiger partial charge in [-0.25, -0.2) is 9.97 Å². The molecule has 2 aromatic heterocycles. The van der Waals surface area contributed by atoms with Gasteiger partial charge in [0.05, 0.1) is 0 Å². The molecule has 1 unspecified atom stereocenters. The van der Waals surface area contributed by atoms with Crippen LogP contribution in [0, 0.1) is 0 Å². The highest BCUT2D eigenvalue weighted by molar-refractivity contribution is 9.10. The molecule has 118 valence electrons. The molecule has 22 heavy (non-hydrogen) atoms. The number of nitrogens with one attached hydrogen (secondary N) is 1. The second kappa shape index (κ2) is 6.93. The summed E-state index contributed by atoms with van der Waals surface area (Å²) in [5.41, 5.74) is 0. The van der Waals surface area contributed by atoms with E-state index in [4.69, 9.17) is 0 Å². The Morgan fingerprint density at radius 1 is 1.41 bits per heavy atom. The predicted octanol–water partition coefficient (Wildman–Crippen LogP) is 3.05. The number of likely N-dealkylation sites (tertiary alicyclic amines) is 1. The van der Waals surface area contributed by atoms with Gasteiger partial charge in [-0.15, -0.1) is 11.3 Å². The molecule has 0 aliphatic carbocycles. The number of thiophene rings is 1. The minimum Gasteiger partial charge on any atom is -0.366 e. The lowest BCUT2D eigenvalue weighted by Gasteiger charge is -2.17. The van der Waals surface area contributed by atoms with Gasteiger partial charge in [-0.1, -0.05) is 0 Å². The third-order valence-corrected chi connectivity index (χ3v) is 5.42. The van der Waals surface area contributed by atoms with Gasteiger partial charge in [0, 0.05) is 60.6 Å². The van der Waals surface area contributed by atoms with Crippen molar-refractivity contribution in [3.8, 4) is 0 Å². The zero-order valence-corrected chi connectivity index (χ0v) is 15.2. The molecular formula is C15H20BrN5S. The fourth-order valence-corrected chi connectivity index (χ4v) is 4.12. The van der Waals surface area contributed by atoms with Crippen molar-refractivity contribution in [2.24, 2.45) is 0 Å². The van der Waals surface area contributed by atoms with E-state index in [0.29, 0.717) is 6.04 Å². The Hall–Kier alpha value is -1.18. The maximum atomic E-state index is 4.33. The first kappa shape index (κ1) is 15.7. The minimum atomic E-state index is 0.452. The lowest BCUT2D eigenvalue weighted by Crippen LogP contribution is -2.26. The first-order valence-corrected chi connectivity index (χ1v) is 8.98. The normalized spacial score (nSPS) is 18.6. The highest BCUT2D eigenvalue weighted by atomic mass is 79.9. The van der Waals surface area contributed by atoms with Gasteiger partial charge in [-0.2, -0.15) is 0 Å². The Bertz CT molecular complexity index is 630. The topological polar surface area (TPSA) is 44.3 Å². The zero-order valence-electron chi connectivity index (χ0n) is 12.8. The summed E-state index contributed by atoms with van der Waals surface area (Å²) in [6, 6.07) is 4.66. The van der Waals surface area contributed by atoms with Crippen molar-refractivity contribution in [2.75, 3.05) is 37.4 Å². The predicted molar refractivity (Wildman–Crippen MR) is 95.7 cm³/mol. The van der Waals surface area contributed by atoms with Crippen LogP contribution < -0.4 is 10.2 Å². The van der Waals surface area contributed by atoms with Crippen LogP contribution in [-0.2, 0) is 6.54 Å². The molecule has 0 radical (unpaired) electrons. The Morgan fingerprint density at radius 2 is 2.27 bits per heavy atom. The number of nitrogens with zero attached hydrogens (tertiary/aromatic N) is 4. The van der Waals surface area contributed by atoms with Crippen molar-refractivity contribution >= 4 is 38.9 Å². The van der Waals surface area contributed by atoms with Gasteiger partial charge in [0.15, 0.2) is 0 Å². The average molecular weight is 382 g/mol.